The first kappa shape index (κ1) is 15.7. The maximum absolute atomic E-state index is 11.9. The second kappa shape index (κ2) is 7.90. The number of carbonyl (C=O) groups excluding carboxylic acids is 1. The van der Waals surface area contributed by atoms with Gasteiger partial charge in [-0.25, -0.2) is 4.98 Å². The Morgan fingerprint density at radius 2 is 2.14 bits per heavy atom. The molecule has 0 aliphatic carbocycles. The number of hydrogen-bond donors (Lipinski definition) is 2. The summed E-state index contributed by atoms with van der Waals surface area (Å²) in [6, 6.07) is 9.78. The largest absolute Gasteiger partial charge is 0.355 e. The van der Waals surface area contributed by atoms with Crippen LogP contribution in [0.1, 0.15) is 42.3 Å². The van der Waals surface area contributed by atoms with E-state index in [1.165, 1.54) is 0 Å². The first-order valence-electron chi connectivity index (χ1n) is 7.13. The van der Waals surface area contributed by atoms with Crippen molar-refractivity contribution >= 4 is 17.2 Å². The molecule has 0 aliphatic heterocycles. The summed E-state index contributed by atoms with van der Waals surface area (Å²) in [5.41, 5.74) is 7.16. The Bertz CT molecular complexity index is 542. The third-order valence-electron chi connectivity index (χ3n) is 3.39. The second-order valence-electron chi connectivity index (χ2n) is 5.13. The Labute approximate surface area is 129 Å². The monoisotopic (exact) mass is 303 g/mol. The van der Waals surface area contributed by atoms with E-state index < -0.39 is 0 Å². The van der Waals surface area contributed by atoms with Crippen molar-refractivity contribution in [2.45, 2.75) is 31.7 Å². The molecule has 0 saturated heterocycles. The molecule has 4 nitrogen and oxygen atoms in total. The zero-order valence-corrected chi connectivity index (χ0v) is 13.0. The highest BCUT2D eigenvalue weighted by Gasteiger charge is 2.12. The van der Waals surface area contributed by atoms with Gasteiger partial charge in [-0.1, -0.05) is 37.3 Å². The number of thiazole rings is 1. The van der Waals surface area contributed by atoms with E-state index in [0.29, 0.717) is 19.4 Å². The summed E-state index contributed by atoms with van der Waals surface area (Å²) in [7, 11) is 0. The quantitative estimate of drug-likeness (QED) is 0.826. The van der Waals surface area contributed by atoms with Crippen molar-refractivity contribution in [1.29, 1.82) is 0 Å². The molecule has 21 heavy (non-hydrogen) atoms. The molecule has 1 amide bonds. The summed E-state index contributed by atoms with van der Waals surface area (Å²) in [5.74, 6) is 0.293. The van der Waals surface area contributed by atoms with Crippen molar-refractivity contribution in [3.8, 4) is 0 Å². The van der Waals surface area contributed by atoms with E-state index in [0.717, 1.165) is 10.6 Å². The van der Waals surface area contributed by atoms with Crippen molar-refractivity contribution in [2.24, 2.45) is 5.73 Å². The molecule has 1 aromatic heterocycles. The third-order valence-corrected chi connectivity index (χ3v) is 4.40. The van der Waals surface area contributed by atoms with Gasteiger partial charge >= 0.3 is 0 Å². The number of rotatable bonds is 7. The molecule has 0 saturated carbocycles. The van der Waals surface area contributed by atoms with Crippen molar-refractivity contribution < 1.29 is 4.79 Å². The molecule has 1 aromatic carbocycles. The van der Waals surface area contributed by atoms with Gasteiger partial charge in [0.1, 0.15) is 0 Å². The van der Waals surface area contributed by atoms with Crippen LogP contribution in [-0.2, 0) is 4.79 Å². The number of carbonyl (C=O) groups is 1. The lowest BCUT2D eigenvalue weighted by atomic mass is 10.0. The first-order chi connectivity index (χ1) is 10.2. The molecule has 0 bridgehead atoms. The maximum atomic E-state index is 11.9. The smallest absolute Gasteiger partial charge is 0.220 e. The minimum absolute atomic E-state index is 0.0461. The molecule has 2 atom stereocenters. The number of nitrogens with two attached hydrogens (primary N) is 1. The van der Waals surface area contributed by atoms with Gasteiger partial charge in [-0.05, 0) is 12.0 Å². The van der Waals surface area contributed by atoms with E-state index in [-0.39, 0.29) is 17.9 Å². The molecule has 0 fully saturated rings. The standard InChI is InChI=1S/C16H21N3OS/c1-12(16-18-9-10-21-16)11-19-15(20)8-7-14(17)13-5-3-2-4-6-13/h2-6,9-10,12,14H,7-8,11,17H2,1H3,(H,19,20). The van der Waals surface area contributed by atoms with Crippen LogP contribution in [0.25, 0.3) is 0 Å². The number of aromatic nitrogens is 1. The third kappa shape index (κ3) is 4.95. The van der Waals surface area contributed by atoms with E-state index >= 15 is 0 Å². The average molecular weight is 303 g/mol. The van der Waals surface area contributed by atoms with Crippen molar-refractivity contribution in [1.82, 2.24) is 10.3 Å². The predicted molar refractivity (Wildman–Crippen MR) is 86.1 cm³/mol. The lowest BCUT2D eigenvalue weighted by molar-refractivity contribution is -0.121. The van der Waals surface area contributed by atoms with Gasteiger partial charge in [-0.15, -0.1) is 11.3 Å². The summed E-state index contributed by atoms with van der Waals surface area (Å²) in [4.78, 5) is 16.1. The van der Waals surface area contributed by atoms with E-state index in [1.54, 1.807) is 17.5 Å². The first-order valence-corrected chi connectivity index (χ1v) is 8.01. The molecule has 0 spiro atoms. The van der Waals surface area contributed by atoms with Crippen LogP contribution >= 0.6 is 11.3 Å². The maximum Gasteiger partial charge on any atom is 0.220 e. The summed E-state index contributed by atoms with van der Waals surface area (Å²) in [6.07, 6.45) is 2.89. The average Bonchev–Trinajstić information content (AvgIpc) is 3.05. The summed E-state index contributed by atoms with van der Waals surface area (Å²) < 4.78 is 0. The second-order valence-corrected chi connectivity index (χ2v) is 6.06. The highest BCUT2D eigenvalue weighted by Crippen LogP contribution is 2.17. The van der Waals surface area contributed by atoms with E-state index in [1.807, 2.05) is 35.7 Å². The van der Waals surface area contributed by atoms with E-state index in [9.17, 15) is 4.79 Å². The fourth-order valence-electron chi connectivity index (χ4n) is 2.07. The van der Waals surface area contributed by atoms with Gasteiger partial charge in [0.2, 0.25) is 5.91 Å². The van der Waals surface area contributed by atoms with Gasteiger partial charge in [0.15, 0.2) is 0 Å². The Balaban J connectivity index is 1.70. The van der Waals surface area contributed by atoms with Gasteiger partial charge in [0.05, 0.1) is 5.01 Å². The molecule has 3 N–H and O–H groups in total. The molecule has 0 radical (unpaired) electrons. The zero-order chi connectivity index (χ0) is 15.1. The number of nitrogens with one attached hydrogen (secondary N) is 1. The molecular weight excluding hydrogens is 282 g/mol. The summed E-state index contributed by atoms with van der Waals surface area (Å²) in [6.45, 7) is 2.68. The van der Waals surface area contributed by atoms with Gasteiger partial charge in [-0.3, -0.25) is 4.79 Å². The van der Waals surface area contributed by atoms with Crippen LogP contribution in [0.2, 0.25) is 0 Å². The summed E-state index contributed by atoms with van der Waals surface area (Å²) >= 11 is 1.62. The molecule has 2 aromatic rings. The van der Waals surface area contributed by atoms with Crippen LogP contribution in [0.4, 0.5) is 0 Å². The normalized spacial score (nSPS) is 13.6. The SMILES string of the molecule is CC(CNC(=O)CCC(N)c1ccccc1)c1nccs1. The fourth-order valence-corrected chi connectivity index (χ4v) is 2.77. The highest BCUT2D eigenvalue weighted by atomic mass is 32.1. The fraction of sp³-hybridized carbons (Fsp3) is 0.375. The van der Waals surface area contributed by atoms with Gasteiger partial charge in [0, 0.05) is 36.5 Å². The van der Waals surface area contributed by atoms with Crippen molar-refractivity contribution in [3.05, 3.63) is 52.5 Å². The Morgan fingerprint density at radius 1 is 1.38 bits per heavy atom. The van der Waals surface area contributed by atoms with Gasteiger partial charge < -0.3 is 11.1 Å². The van der Waals surface area contributed by atoms with Crippen LogP contribution in [0, 0.1) is 0 Å². The number of nitrogens with zero attached hydrogens (tertiary/aromatic N) is 1. The van der Waals surface area contributed by atoms with E-state index in [4.69, 9.17) is 5.73 Å². The molecule has 1 heterocycles. The number of amides is 1. The van der Waals surface area contributed by atoms with E-state index in [2.05, 4.69) is 17.2 Å². The molecule has 112 valence electrons. The van der Waals surface area contributed by atoms with Crippen LogP contribution in [-0.4, -0.2) is 17.4 Å². The van der Waals surface area contributed by atoms with Crippen molar-refractivity contribution in [2.75, 3.05) is 6.54 Å². The molecule has 2 unspecified atom stereocenters. The molecule has 5 heteroatoms. The highest BCUT2D eigenvalue weighted by molar-refractivity contribution is 7.09. The Kier molecular flexibility index (Phi) is 5.90. The van der Waals surface area contributed by atoms with Crippen LogP contribution < -0.4 is 11.1 Å². The van der Waals surface area contributed by atoms with Gasteiger partial charge in [0.25, 0.3) is 0 Å². The van der Waals surface area contributed by atoms with Crippen LogP contribution in [0.5, 0.6) is 0 Å². The lowest BCUT2D eigenvalue weighted by Crippen LogP contribution is -2.28. The molecular formula is C16H21N3OS. The van der Waals surface area contributed by atoms with Crippen LogP contribution in [0.3, 0.4) is 0 Å². The van der Waals surface area contributed by atoms with Crippen LogP contribution in [0.15, 0.2) is 41.9 Å². The summed E-state index contributed by atoms with van der Waals surface area (Å²) in [5, 5.41) is 5.95. The predicted octanol–water partition coefficient (Wildman–Crippen LogP) is 2.84. The minimum Gasteiger partial charge on any atom is -0.355 e. The van der Waals surface area contributed by atoms with Crippen molar-refractivity contribution in [3.63, 3.8) is 0 Å². The van der Waals surface area contributed by atoms with Gasteiger partial charge in [-0.2, -0.15) is 0 Å². The minimum atomic E-state index is -0.0895. The molecule has 0 aliphatic rings. The topological polar surface area (TPSA) is 68.0 Å². The lowest BCUT2D eigenvalue weighted by Gasteiger charge is -2.13. The number of hydrogen-bond acceptors (Lipinski definition) is 4. The molecule has 2 rings (SSSR count). The Morgan fingerprint density at radius 3 is 2.81 bits per heavy atom. The zero-order valence-electron chi connectivity index (χ0n) is 12.2. The Hall–Kier alpha value is -1.72. The number of benzene rings is 1.